The molecule has 0 aromatic heterocycles. The third-order valence-corrected chi connectivity index (χ3v) is 2.68. The highest BCUT2D eigenvalue weighted by Gasteiger charge is 2.36. The van der Waals surface area contributed by atoms with E-state index in [1.54, 1.807) is 0 Å². The highest BCUT2D eigenvalue weighted by atomic mass is 16.7. The average molecular weight is 217 g/mol. The van der Waals surface area contributed by atoms with Crippen LogP contribution in [-0.2, 0) is 15.9 Å². The van der Waals surface area contributed by atoms with Crippen LogP contribution < -0.4 is 0 Å². The summed E-state index contributed by atoms with van der Waals surface area (Å²) in [6.45, 7) is 2.44. The molecule has 1 aliphatic heterocycles. The predicted molar refractivity (Wildman–Crippen MR) is 59.6 cm³/mol. The second-order valence-electron chi connectivity index (χ2n) is 4.21. The van der Waals surface area contributed by atoms with Gasteiger partial charge in [-0.05, 0) is 12.5 Å². The zero-order chi connectivity index (χ0) is 11.4. The summed E-state index contributed by atoms with van der Waals surface area (Å²) in [5.41, 5.74) is 1.18. The monoisotopic (exact) mass is 217 g/mol. The van der Waals surface area contributed by atoms with Crippen LogP contribution in [0.25, 0.3) is 0 Å². The second-order valence-corrected chi connectivity index (χ2v) is 4.21. The first-order chi connectivity index (χ1) is 7.72. The summed E-state index contributed by atoms with van der Waals surface area (Å²) in [6.07, 6.45) is 1.03. The molecular weight excluding hydrogens is 202 g/mol. The lowest BCUT2D eigenvalue weighted by atomic mass is 10.1. The standard InChI is InChI=1S/C13H15NO2/c1-13(9-11-5-3-2-4-6-11)15-10-12(16-13)7-8-14/h2-6,12H,7,9-10H2,1H3. The molecule has 2 rings (SSSR count). The van der Waals surface area contributed by atoms with Gasteiger partial charge in [0.1, 0.15) is 0 Å². The first kappa shape index (κ1) is 11.1. The van der Waals surface area contributed by atoms with Crippen molar-refractivity contribution in [3.8, 4) is 6.07 Å². The number of hydrogen-bond acceptors (Lipinski definition) is 3. The van der Waals surface area contributed by atoms with Crippen molar-refractivity contribution in [3.05, 3.63) is 35.9 Å². The highest BCUT2D eigenvalue weighted by Crippen LogP contribution is 2.28. The van der Waals surface area contributed by atoms with Crippen LogP contribution in [0.3, 0.4) is 0 Å². The van der Waals surface area contributed by atoms with E-state index in [0.29, 0.717) is 13.0 Å². The Bertz CT molecular complexity index is 385. The van der Waals surface area contributed by atoms with Gasteiger partial charge in [-0.1, -0.05) is 30.3 Å². The quantitative estimate of drug-likeness (QED) is 0.780. The molecular formula is C13H15NO2. The van der Waals surface area contributed by atoms with E-state index >= 15 is 0 Å². The Labute approximate surface area is 95.6 Å². The Hall–Kier alpha value is -1.37. The maximum atomic E-state index is 8.60. The fraction of sp³-hybridized carbons (Fsp3) is 0.462. The summed E-state index contributed by atoms with van der Waals surface area (Å²) in [7, 11) is 0. The smallest absolute Gasteiger partial charge is 0.170 e. The Morgan fingerprint density at radius 1 is 1.44 bits per heavy atom. The molecule has 1 saturated heterocycles. The third kappa shape index (κ3) is 2.60. The van der Waals surface area contributed by atoms with Crippen molar-refractivity contribution in [1.29, 1.82) is 5.26 Å². The predicted octanol–water partition coefficient (Wildman–Crippen LogP) is 2.27. The molecule has 0 spiro atoms. The molecule has 16 heavy (non-hydrogen) atoms. The van der Waals surface area contributed by atoms with Crippen LogP contribution in [0.15, 0.2) is 30.3 Å². The normalized spacial score (nSPS) is 28.9. The number of nitriles is 1. The van der Waals surface area contributed by atoms with E-state index in [9.17, 15) is 0 Å². The maximum Gasteiger partial charge on any atom is 0.170 e. The summed E-state index contributed by atoms with van der Waals surface area (Å²) in [5.74, 6) is -0.580. The fourth-order valence-electron chi connectivity index (χ4n) is 1.95. The van der Waals surface area contributed by atoms with Crippen molar-refractivity contribution in [1.82, 2.24) is 0 Å². The molecule has 1 aromatic carbocycles. The average Bonchev–Trinajstić information content (AvgIpc) is 2.62. The Balaban J connectivity index is 1.98. The van der Waals surface area contributed by atoms with Crippen LogP contribution in [-0.4, -0.2) is 18.5 Å². The lowest BCUT2D eigenvalue weighted by Gasteiger charge is -2.23. The zero-order valence-corrected chi connectivity index (χ0v) is 9.35. The Kier molecular flexibility index (Phi) is 3.23. The molecule has 0 radical (unpaired) electrons. The number of hydrogen-bond donors (Lipinski definition) is 0. The molecule has 1 aromatic rings. The number of rotatable bonds is 3. The molecule has 2 atom stereocenters. The van der Waals surface area contributed by atoms with E-state index in [4.69, 9.17) is 14.7 Å². The van der Waals surface area contributed by atoms with Crippen molar-refractivity contribution in [2.75, 3.05) is 6.61 Å². The topological polar surface area (TPSA) is 42.2 Å². The highest BCUT2D eigenvalue weighted by molar-refractivity contribution is 5.16. The molecule has 3 nitrogen and oxygen atoms in total. The van der Waals surface area contributed by atoms with Crippen molar-refractivity contribution in [3.63, 3.8) is 0 Å². The van der Waals surface area contributed by atoms with Gasteiger partial charge in [-0.2, -0.15) is 5.26 Å². The van der Waals surface area contributed by atoms with Crippen molar-refractivity contribution >= 4 is 0 Å². The molecule has 0 N–H and O–H groups in total. The lowest BCUT2D eigenvalue weighted by Crippen LogP contribution is -2.29. The zero-order valence-electron chi connectivity index (χ0n) is 9.35. The van der Waals surface area contributed by atoms with Crippen molar-refractivity contribution in [2.45, 2.75) is 31.7 Å². The molecule has 84 valence electrons. The van der Waals surface area contributed by atoms with E-state index in [1.165, 1.54) is 5.56 Å². The van der Waals surface area contributed by atoms with Gasteiger partial charge in [0.25, 0.3) is 0 Å². The lowest BCUT2D eigenvalue weighted by molar-refractivity contribution is -0.151. The molecule has 1 aliphatic rings. The Morgan fingerprint density at radius 2 is 2.19 bits per heavy atom. The fourth-order valence-corrected chi connectivity index (χ4v) is 1.95. The molecule has 0 bridgehead atoms. The SMILES string of the molecule is CC1(Cc2ccccc2)OCC(CC#N)O1. The van der Waals surface area contributed by atoms with E-state index < -0.39 is 5.79 Å². The van der Waals surface area contributed by atoms with E-state index in [2.05, 4.69) is 18.2 Å². The minimum absolute atomic E-state index is 0.0845. The summed E-state index contributed by atoms with van der Waals surface area (Å²) in [4.78, 5) is 0. The van der Waals surface area contributed by atoms with Crippen molar-refractivity contribution < 1.29 is 9.47 Å². The minimum atomic E-state index is -0.580. The van der Waals surface area contributed by atoms with Crippen LogP contribution in [0.1, 0.15) is 18.9 Å². The van der Waals surface area contributed by atoms with Gasteiger partial charge in [0.15, 0.2) is 5.79 Å². The van der Waals surface area contributed by atoms with Crippen LogP contribution >= 0.6 is 0 Å². The number of ether oxygens (including phenoxy) is 2. The third-order valence-electron chi connectivity index (χ3n) is 2.68. The Morgan fingerprint density at radius 3 is 2.88 bits per heavy atom. The largest absolute Gasteiger partial charge is 0.347 e. The molecule has 3 heteroatoms. The molecule has 1 fully saturated rings. The van der Waals surface area contributed by atoms with Crippen LogP contribution in [0.5, 0.6) is 0 Å². The van der Waals surface area contributed by atoms with Gasteiger partial charge < -0.3 is 9.47 Å². The van der Waals surface area contributed by atoms with Crippen molar-refractivity contribution in [2.24, 2.45) is 0 Å². The second kappa shape index (κ2) is 4.65. The van der Waals surface area contributed by atoms with E-state index in [-0.39, 0.29) is 6.10 Å². The van der Waals surface area contributed by atoms with Gasteiger partial charge in [-0.15, -0.1) is 0 Å². The molecule has 0 aliphatic carbocycles. The van der Waals surface area contributed by atoms with Gasteiger partial charge in [0.05, 0.1) is 25.2 Å². The van der Waals surface area contributed by atoms with E-state index in [0.717, 1.165) is 6.42 Å². The van der Waals surface area contributed by atoms with E-state index in [1.807, 2.05) is 25.1 Å². The van der Waals surface area contributed by atoms with Gasteiger partial charge in [-0.3, -0.25) is 0 Å². The maximum absolute atomic E-state index is 8.60. The minimum Gasteiger partial charge on any atom is -0.347 e. The summed E-state index contributed by atoms with van der Waals surface area (Å²) in [5, 5.41) is 8.60. The van der Waals surface area contributed by atoms with Gasteiger partial charge in [0.2, 0.25) is 0 Å². The molecule has 0 saturated carbocycles. The summed E-state index contributed by atoms with van der Waals surface area (Å²) < 4.78 is 11.4. The number of nitrogens with zero attached hydrogens (tertiary/aromatic N) is 1. The van der Waals surface area contributed by atoms with Crippen LogP contribution in [0.4, 0.5) is 0 Å². The first-order valence-electron chi connectivity index (χ1n) is 5.44. The first-order valence-corrected chi connectivity index (χ1v) is 5.44. The van der Waals surface area contributed by atoms with Crippen LogP contribution in [0, 0.1) is 11.3 Å². The van der Waals surface area contributed by atoms with Gasteiger partial charge in [-0.25, -0.2) is 0 Å². The summed E-state index contributed by atoms with van der Waals surface area (Å²) in [6, 6.07) is 12.2. The summed E-state index contributed by atoms with van der Waals surface area (Å²) >= 11 is 0. The van der Waals surface area contributed by atoms with Gasteiger partial charge >= 0.3 is 0 Å². The molecule has 0 amide bonds. The van der Waals surface area contributed by atoms with Crippen LogP contribution in [0.2, 0.25) is 0 Å². The molecule has 2 unspecified atom stereocenters. The molecule has 1 heterocycles. The van der Waals surface area contributed by atoms with Gasteiger partial charge in [0, 0.05) is 6.42 Å². The number of benzene rings is 1.